The summed E-state index contributed by atoms with van der Waals surface area (Å²) in [5.41, 5.74) is -0.0128. The maximum atomic E-state index is 10.6. The SMILES string of the molecule is O=C([O-])c1cc(O)c2ccccc2c1.[K+]. The number of phenolic OH excluding ortho intramolecular Hbond substituents is 1. The molecule has 2 aromatic rings. The molecule has 2 aromatic carbocycles. The molecular formula is C11H7KO3. The van der Waals surface area contributed by atoms with Crippen molar-refractivity contribution in [1.29, 1.82) is 0 Å². The zero-order chi connectivity index (χ0) is 10.1. The van der Waals surface area contributed by atoms with Crippen molar-refractivity contribution in [3.63, 3.8) is 0 Å². The third kappa shape index (κ3) is 2.59. The van der Waals surface area contributed by atoms with Gasteiger partial charge in [0.25, 0.3) is 0 Å². The average molecular weight is 226 g/mol. The number of rotatable bonds is 1. The van der Waals surface area contributed by atoms with E-state index in [-0.39, 0.29) is 62.7 Å². The van der Waals surface area contributed by atoms with Crippen LogP contribution in [-0.2, 0) is 0 Å². The number of carbonyl (C=O) groups is 1. The van der Waals surface area contributed by atoms with E-state index in [1.807, 2.05) is 0 Å². The number of carboxylic acids is 1. The van der Waals surface area contributed by atoms with Gasteiger partial charge in [-0.15, -0.1) is 0 Å². The normalized spacial score (nSPS) is 9.60. The van der Waals surface area contributed by atoms with E-state index >= 15 is 0 Å². The fraction of sp³-hybridized carbons (Fsp3) is 0. The van der Waals surface area contributed by atoms with Crippen molar-refractivity contribution in [2.45, 2.75) is 0 Å². The molecule has 0 bridgehead atoms. The van der Waals surface area contributed by atoms with Crippen molar-refractivity contribution in [2.75, 3.05) is 0 Å². The molecule has 0 heterocycles. The molecular weight excluding hydrogens is 219 g/mol. The molecule has 0 fully saturated rings. The first-order valence-electron chi connectivity index (χ1n) is 4.11. The molecule has 0 spiro atoms. The Balaban J connectivity index is 0.00000112. The van der Waals surface area contributed by atoms with Crippen molar-refractivity contribution >= 4 is 16.7 Å². The summed E-state index contributed by atoms with van der Waals surface area (Å²) in [6, 6.07) is 9.69. The minimum atomic E-state index is -1.29. The second kappa shape index (κ2) is 5.09. The molecule has 15 heavy (non-hydrogen) atoms. The zero-order valence-electron chi connectivity index (χ0n) is 8.23. The number of carboxylic acid groups (broad SMARTS) is 1. The fourth-order valence-corrected chi connectivity index (χ4v) is 1.41. The first kappa shape index (κ1) is 12.7. The van der Waals surface area contributed by atoms with Crippen LogP contribution in [0.25, 0.3) is 10.8 Å². The van der Waals surface area contributed by atoms with Crippen LogP contribution in [0.1, 0.15) is 10.4 Å². The standard InChI is InChI=1S/C11H8O3.K/c12-10-6-8(11(13)14)5-7-3-1-2-4-9(7)10;/h1-6,12H,(H,13,14);/q;+1/p-1. The Bertz CT molecular complexity index is 508. The molecule has 0 saturated heterocycles. The van der Waals surface area contributed by atoms with Crippen LogP contribution < -0.4 is 56.5 Å². The molecule has 2 rings (SSSR count). The van der Waals surface area contributed by atoms with Gasteiger partial charge in [-0.1, -0.05) is 24.3 Å². The van der Waals surface area contributed by atoms with Crippen molar-refractivity contribution in [1.82, 2.24) is 0 Å². The Hall–Kier alpha value is -0.394. The molecule has 0 aliphatic carbocycles. The van der Waals surface area contributed by atoms with Gasteiger partial charge in [0.05, 0.1) is 5.97 Å². The molecule has 0 saturated carbocycles. The van der Waals surface area contributed by atoms with E-state index in [1.54, 1.807) is 24.3 Å². The Labute approximate surface area is 129 Å². The van der Waals surface area contributed by atoms with Crippen LogP contribution >= 0.6 is 0 Å². The number of hydrogen-bond donors (Lipinski definition) is 1. The Kier molecular flexibility index (Phi) is 4.30. The van der Waals surface area contributed by atoms with Crippen molar-refractivity contribution < 1.29 is 66.4 Å². The first-order chi connectivity index (χ1) is 6.68. The van der Waals surface area contributed by atoms with Gasteiger partial charge in [-0.3, -0.25) is 0 Å². The molecule has 3 nitrogen and oxygen atoms in total. The Morgan fingerprint density at radius 3 is 2.53 bits per heavy atom. The van der Waals surface area contributed by atoms with Gasteiger partial charge in [0.15, 0.2) is 0 Å². The van der Waals surface area contributed by atoms with E-state index in [2.05, 4.69) is 0 Å². The first-order valence-corrected chi connectivity index (χ1v) is 4.11. The quantitative estimate of drug-likeness (QED) is 0.567. The summed E-state index contributed by atoms with van der Waals surface area (Å²) < 4.78 is 0. The summed E-state index contributed by atoms with van der Waals surface area (Å²) in [6.45, 7) is 0. The molecule has 70 valence electrons. The van der Waals surface area contributed by atoms with E-state index in [0.717, 1.165) is 0 Å². The molecule has 0 radical (unpaired) electrons. The molecule has 0 amide bonds. The van der Waals surface area contributed by atoms with Gasteiger partial charge in [0.1, 0.15) is 5.75 Å². The van der Waals surface area contributed by atoms with E-state index in [1.165, 1.54) is 12.1 Å². The van der Waals surface area contributed by atoms with E-state index in [0.29, 0.717) is 10.8 Å². The number of benzene rings is 2. The van der Waals surface area contributed by atoms with E-state index < -0.39 is 5.97 Å². The zero-order valence-corrected chi connectivity index (χ0v) is 11.4. The number of aromatic hydroxyl groups is 1. The Morgan fingerprint density at radius 2 is 1.87 bits per heavy atom. The van der Waals surface area contributed by atoms with Crippen molar-refractivity contribution in [3.05, 3.63) is 42.0 Å². The topological polar surface area (TPSA) is 60.4 Å². The number of carbonyl (C=O) groups excluding carboxylic acids is 1. The van der Waals surface area contributed by atoms with E-state index in [9.17, 15) is 15.0 Å². The molecule has 0 unspecified atom stereocenters. The van der Waals surface area contributed by atoms with Crippen LogP contribution in [0.3, 0.4) is 0 Å². The average Bonchev–Trinajstić information content (AvgIpc) is 2.17. The predicted molar refractivity (Wildman–Crippen MR) is 49.9 cm³/mol. The van der Waals surface area contributed by atoms with E-state index in [4.69, 9.17) is 0 Å². The Morgan fingerprint density at radius 1 is 1.20 bits per heavy atom. The third-order valence-electron chi connectivity index (χ3n) is 2.08. The van der Waals surface area contributed by atoms with Crippen LogP contribution in [0.15, 0.2) is 36.4 Å². The molecule has 0 aliphatic rings. The minimum absolute atomic E-state index is 0. The summed E-state index contributed by atoms with van der Waals surface area (Å²) in [7, 11) is 0. The number of aromatic carboxylic acids is 1. The summed E-state index contributed by atoms with van der Waals surface area (Å²) in [5.74, 6) is -1.33. The second-order valence-corrected chi connectivity index (χ2v) is 3.00. The summed E-state index contributed by atoms with van der Waals surface area (Å²) in [5, 5.41) is 21.4. The minimum Gasteiger partial charge on any atom is -0.545 e. The number of hydrogen-bond acceptors (Lipinski definition) is 3. The molecule has 0 atom stereocenters. The number of phenols is 1. The molecule has 0 aromatic heterocycles. The second-order valence-electron chi connectivity index (χ2n) is 3.00. The largest absolute Gasteiger partial charge is 1.00 e. The number of fused-ring (bicyclic) bond motifs is 1. The molecule has 1 N–H and O–H groups in total. The van der Waals surface area contributed by atoms with Gasteiger partial charge in [-0.2, -0.15) is 0 Å². The van der Waals surface area contributed by atoms with Gasteiger partial charge < -0.3 is 15.0 Å². The molecule has 4 heteroatoms. The monoisotopic (exact) mass is 226 g/mol. The summed E-state index contributed by atoms with van der Waals surface area (Å²) in [4.78, 5) is 10.6. The van der Waals surface area contributed by atoms with Gasteiger partial charge in [0, 0.05) is 10.9 Å². The van der Waals surface area contributed by atoms with Gasteiger partial charge >= 0.3 is 51.4 Å². The van der Waals surface area contributed by atoms with Crippen molar-refractivity contribution in [3.8, 4) is 5.75 Å². The van der Waals surface area contributed by atoms with Crippen LogP contribution in [0.5, 0.6) is 5.75 Å². The molecule has 0 aliphatic heterocycles. The van der Waals surface area contributed by atoms with Gasteiger partial charge in [-0.25, -0.2) is 0 Å². The van der Waals surface area contributed by atoms with Crippen LogP contribution in [0.4, 0.5) is 0 Å². The van der Waals surface area contributed by atoms with Gasteiger partial charge in [0.2, 0.25) is 0 Å². The van der Waals surface area contributed by atoms with Crippen LogP contribution in [-0.4, -0.2) is 11.1 Å². The summed E-state index contributed by atoms with van der Waals surface area (Å²) >= 11 is 0. The van der Waals surface area contributed by atoms with Crippen molar-refractivity contribution in [2.24, 2.45) is 0 Å². The summed E-state index contributed by atoms with van der Waals surface area (Å²) in [6.07, 6.45) is 0. The van der Waals surface area contributed by atoms with Gasteiger partial charge in [-0.05, 0) is 17.5 Å². The third-order valence-corrected chi connectivity index (χ3v) is 2.08. The van der Waals surface area contributed by atoms with Crippen LogP contribution in [0.2, 0.25) is 0 Å². The maximum absolute atomic E-state index is 10.6. The van der Waals surface area contributed by atoms with Crippen LogP contribution in [0, 0.1) is 0 Å². The fourth-order valence-electron chi connectivity index (χ4n) is 1.41. The predicted octanol–water partition coefficient (Wildman–Crippen LogP) is -2.09. The smallest absolute Gasteiger partial charge is 0.545 e. The maximum Gasteiger partial charge on any atom is 1.00 e.